The van der Waals surface area contributed by atoms with Crippen molar-refractivity contribution in [3.8, 4) is 0 Å². The molecule has 0 aromatic heterocycles. The van der Waals surface area contributed by atoms with Gasteiger partial charge in [-0.1, -0.05) is 34.6 Å². The lowest BCUT2D eigenvalue weighted by Crippen LogP contribution is -2.44. The Morgan fingerprint density at radius 2 is 1.16 bits per heavy atom. The van der Waals surface area contributed by atoms with E-state index in [1.807, 2.05) is 13.8 Å². The summed E-state index contributed by atoms with van der Waals surface area (Å²) in [5, 5.41) is 0. The average Bonchev–Trinajstić information content (AvgIpc) is 2.41. The first kappa shape index (κ1) is 17.0. The van der Waals surface area contributed by atoms with Crippen molar-refractivity contribution < 1.29 is 0 Å². The van der Waals surface area contributed by atoms with E-state index in [4.69, 9.17) is 11.5 Å². The Labute approximate surface area is 120 Å². The average molecular weight is 268 g/mol. The molecule has 0 aliphatic heterocycles. The van der Waals surface area contributed by atoms with Crippen molar-refractivity contribution in [1.29, 1.82) is 0 Å². The highest BCUT2D eigenvalue weighted by Gasteiger charge is 2.37. The van der Waals surface area contributed by atoms with Crippen molar-refractivity contribution in [3.05, 3.63) is 0 Å². The first-order chi connectivity index (χ1) is 8.99. The van der Waals surface area contributed by atoms with E-state index in [1.54, 1.807) is 0 Å². The Hall–Kier alpha value is -0.0800. The van der Waals surface area contributed by atoms with Crippen LogP contribution in [0.5, 0.6) is 0 Å². The summed E-state index contributed by atoms with van der Waals surface area (Å²) in [6.45, 7) is 11.0. The molecule has 2 rings (SSSR count). The van der Waals surface area contributed by atoms with Crippen LogP contribution in [0, 0.1) is 29.6 Å². The van der Waals surface area contributed by atoms with Crippen LogP contribution in [0.2, 0.25) is 0 Å². The molecule has 0 aromatic rings. The number of rotatable bonds is 1. The molecular weight excluding hydrogens is 232 g/mol. The summed E-state index contributed by atoms with van der Waals surface area (Å²) < 4.78 is 0. The van der Waals surface area contributed by atoms with Gasteiger partial charge in [-0.05, 0) is 61.7 Å². The molecule has 2 fully saturated rings. The highest BCUT2D eigenvalue weighted by molar-refractivity contribution is 4.90. The summed E-state index contributed by atoms with van der Waals surface area (Å²) in [5.74, 6) is 3.95. The Morgan fingerprint density at radius 1 is 0.684 bits per heavy atom. The second kappa shape index (κ2) is 7.64. The molecule has 2 heteroatoms. The Morgan fingerprint density at radius 3 is 1.63 bits per heavy atom. The molecular formula is C17H36N2. The van der Waals surface area contributed by atoms with Gasteiger partial charge in [-0.2, -0.15) is 0 Å². The molecule has 19 heavy (non-hydrogen) atoms. The monoisotopic (exact) mass is 268 g/mol. The van der Waals surface area contributed by atoms with Crippen molar-refractivity contribution in [2.24, 2.45) is 41.1 Å². The van der Waals surface area contributed by atoms with E-state index in [1.165, 1.54) is 32.1 Å². The van der Waals surface area contributed by atoms with Gasteiger partial charge in [0.05, 0.1) is 0 Å². The van der Waals surface area contributed by atoms with Crippen LogP contribution in [-0.4, -0.2) is 12.1 Å². The molecule has 0 aromatic carbocycles. The zero-order valence-corrected chi connectivity index (χ0v) is 13.7. The van der Waals surface area contributed by atoms with Crippen LogP contribution in [0.15, 0.2) is 0 Å². The van der Waals surface area contributed by atoms with Crippen LogP contribution in [0.1, 0.15) is 66.7 Å². The van der Waals surface area contributed by atoms with Gasteiger partial charge in [-0.25, -0.2) is 0 Å². The minimum atomic E-state index is 0.425. The molecule has 2 aliphatic carbocycles. The molecule has 5 unspecified atom stereocenters. The van der Waals surface area contributed by atoms with Gasteiger partial charge in [0.2, 0.25) is 0 Å². The summed E-state index contributed by atoms with van der Waals surface area (Å²) in [6.07, 6.45) is 6.62. The smallest absolute Gasteiger partial charge is 0.00905 e. The summed E-state index contributed by atoms with van der Waals surface area (Å²) in [4.78, 5) is 0. The summed E-state index contributed by atoms with van der Waals surface area (Å²) in [7, 11) is 0. The third kappa shape index (κ3) is 4.19. The molecule has 0 radical (unpaired) electrons. The van der Waals surface area contributed by atoms with Crippen LogP contribution in [0.25, 0.3) is 0 Å². The topological polar surface area (TPSA) is 52.0 Å². The third-order valence-corrected chi connectivity index (χ3v) is 5.61. The quantitative estimate of drug-likeness (QED) is 0.760. The predicted molar refractivity (Wildman–Crippen MR) is 84.9 cm³/mol. The SMILES string of the molecule is CC.CC1CC(C2CC(C)C(N)C(C)C2)CCC1N. The zero-order chi connectivity index (χ0) is 14.6. The van der Waals surface area contributed by atoms with E-state index in [0.29, 0.717) is 23.9 Å². The zero-order valence-electron chi connectivity index (χ0n) is 13.7. The molecule has 0 saturated heterocycles. The fourth-order valence-electron chi connectivity index (χ4n) is 4.20. The second-order valence-electron chi connectivity index (χ2n) is 6.98. The minimum absolute atomic E-state index is 0.425. The Bertz CT molecular complexity index is 242. The lowest BCUT2D eigenvalue weighted by molar-refractivity contribution is 0.0947. The van der Waals surface area contributed by atoms with Crippen molar-refractivity contribution >= 4 is 0 Å². The lowest BCUT2D eigenvalue weighted by atomic mass is 9.64. The van der Waals surface area contributed by atoms with Gasteiger partial charge in [0.25, 0.3) is 0 Å². The summed E-state index contributed by atoms with van der Waals surface area (Å²) in [5.41, 5.74) is 12.4. The van der Waals surface area contributed by atoms with E-state index < -0.39 is 0 Å². The van der Waals surface area contributed by atoms with E-state index in [2.05, 4.69) is 20.8 Å². The maximum atomic E-state index is 6.24. The van der Waals surface area contributed by atoms with Crippen molar-refractivity contribution in [2.75, 3.05) is 0 Å². The maximum Gasteiger partial charge on any atom is 0.00905 e. The molecule has 0 bridgehead atoms. The molecule has 0 amide bonds. The van der Waals surface area contributed by atoms with Gasteiger partial charge in [0, 0.05) is 12.1 Å². The summed E-state index contributed by atoms with van der Waals surface area (Å²) in [6, 6.07) is 0.876. The first-order valence-corrected chi connectivity index (χ1v) is 8.50. The van der Waals surface area contributed by atoms with Crippen molar-refractivity contribution in [3.63, 3.8) is 0 Å². The van der Waals surface area contributed by atoms with Gasteiger partial charge >= 0.3 is 0 Å². The number of nitrogens with two attached hydrogens (primary N) is 2. The molecule has 5 atom stereocenters. The van der Waals surface area contributed by atoms with Gasteiger partial charge in [-0.15, -0.1) is 0 Å². The van der Waals surface area contributed by atoms with E-state index in [-0.39, 0.29) is 0 Å². The summed E-state index contributed by atoms with van der Waals surface area (Å²) >= 11 is 0. The Balaban J connectivity index is 0.000000861. The molecule has 4 N–H and O–H groups in total. The fourth-order valence-corrected chi connectivity index (χ4v) is 4.20. The van der Waals surface area contributed by atoms with Gasteiger partial charge in [0.1, 0.15) is 0 Å². The number of hydrogen-bond donors (Lipinski definition) is 2. The van der Waals surface area contributed by atoms with E-state index in [0.717, 1.165) is 17.8 Å². The van der Waals surface area contributed by atoms with Crippen molar-refractivity contribution in [1.82, 2.24) is 0 Å². The second-order valence-corrected chi connectivity index (χ2v) is 6.98. The molecule has 114 valence electrons. The van der Waals surface area contributed by atoms with Crippen molar-refractivity contribution in [2.45, 2.75) is 78.8 Å². The highest BCUT2D eigenvalue weighted by Crippen LogP contribution is 2.42. The van der Waals surface area contributed by atoms with E-state index >= 15 is 0 Å². The minimum Gasteiger partial charge on any atom is -0.327 e. The molecule has 2 saturated carbocycles. The molecule has 0 heterocycles. The highest BCUT2D eigenvalue weighted by atomic mass is 14.7. The van der Waals surface area contributed by atoms with Crippen LogP contribution in [0.3, 0.4) is 0 Å². The van der Waals surface area contributed by atoms with Crippen LogP contribution >= 0.6 is 0 Å². The van der Waals surface area contributed by atoms with Crippen LogP contribution < -0.4 is 11.5 Å². The fraction of sp³-hybridized carbons (Fsp3) is 1.00. The molecule has 2 aliphatic rings. The number of hydrogen-bond acceptors (Lipinski definition) is 2. The van der Waals surface area contributed by atoms with Gasteiger partial charge in [0.15, 0.2) is 0 Å². The largest absolute Gasteiger partial charge is 0.327 e. The van der Waals surface area contributed by atoms with Crippen LogP contribution in [0.4, 0.5) is 0 Å². The maximum absolute atomic E-state index is 6.24. The lowest BCUT2D eigenvalue weighted by Gasteiger charge is -2.43. The van der Waals surface area contributed by atoms with Crippen LogP contribution in [-0.2, 0) is 0 Å². The Kier molecular flexibility index (Phi) is 6.82. The predicted octanol–water partition coefficient (Wildman–Crippen LogP) is 3.79. The standard InChI is InChI=1S/C15H30N2.C2H6/c1-9-6-12(4-5-14(9)16)13-7-10(2)15(17)11(3)8-13;1-2/h9-15H,4-8,16-17H2,1-3H3;1-2H3. The third-order valence-electron chi connectivity index (χ3n) is 5.61. The molecule has 2 nitrogen and oxygen atoms in total. The normalized spacial score (nSPS) is 47.2. The van der Waals surface area contributed by atoms with Gasteiger partial charge in [-0.3, -0.25) is 0 Å². The first-order valence-electron chi connectivity index (χ1n) is 8.50. The van der Waals surface area contributed by atoms with Gasteiger partial charge < -0.3 is 11.5 Å². The van der Waals surface area contributed by atoms with E-state index in [9.17, 15) is 0 Å². The molecule has 0 spiro atoms.